The van der Waals surface area contributed by atoms with Gasteiger partial charge in [0.25, 0.3) is 0 Å². The summed E-state index contributed by atoms with van der Waals surface area (Å²) in [4.78, 5) is 4.16. The molecule has 0 aliphatic heterocycles. The van der Waals surface area contributed by atoms with Crippen molar-refractivity contribution < 1.29 is 9.47 Å². The maximum Gasteiger partial charge on any atom is 0.191 e. The van der Waals surface area contributed by atoms with Crippen LogP contribution in [-0.4, -0.2) is 40.4 Å². The van der Waals surface area contributed by atoms with Crippen LogP contribution in [0.3, 0.4) is 0 Å². The molecule has 0 heterocycles. The molecular formula is C14H24IN3O2. The Balaban J connectivity index is 0.00000361. The number of benzene rings is 1. The fourth-order valence-electron chi connectivity index (χ4n) is 1.57. The second-order valence-corrected chi connectivity index (χ2v) is 4.05. The Labute approximate surface area is 138 Å². The molecule has 0 aliphatic rings. The fourth-order valence-corrected chi connectivity index (χ4v) is 1.57. The Kier molecular flexibility index (Phi) is 11.2. The van der Waals surface area contributed by atoms with Gasteiger partial charge in [-0.25, -0.2) is 0 Å². The van der Waals surface area contributed by atoms with Crippen LogP contribution in [0.15, 0.2) is 29.3 Å². The van der Waals surface area contributed by atoms with Crippen LogP contribution in [0.2, 0.25) is 0 Å². The van der Waals surface area contributed by atoms with E-state index in [1.807, 2.05) is 24.3 Å². The molecule has 0 spiro atoms. The monoisotopic (exact) mass is 393 g/mol. The molecule has 2 N–H and O–H groups in total. The van der Waals surface area contributed by atoms with Gasteiger partial charge in [-0.1, -0.05) is 12.1 Å². The summed E-state index contributed by atoms with van der Waals surface area (Å²) < 4.78 is 10.1. The van der Waals surface area contributed by atoms with E-state index in [9.17, 15) is 0 Å². The number of methoxy groups -OCH3 is 2. The number of rotatable bonds is 7. The minimum Gasteiger partial charge on any atom is -0.497 e. The van der Waals surface area contributed by atoms with Gasteiger partial charge < -0.3 is 20.1 Å². The minimum absolute atomic E-state index is 0. The van der Waals surface area contributed by atoms with Crippen LogP contribution in [0.1, 0.15) is 12.0 Å². The molecule has 0 bridgehead atoms. The zero-order chi connectivity index (χ0) is 13.9. The summed E-state index contributed by atoms with van der Waals surface area (Å²) in [6, 6.07) is 7.96. The van der Waals surface area contributed by atoms with E-state index >= 15 is 0 Å². The SMILES string of the molecule is CN=C(NCCCOC)NCc1ccc(OC)cc1.I. The normalized spacial score (nSPS) is 10.7. The largest absolute Gasteiger partial charge is 0.497 e. The van der Waals surface area contributed by atoms with E-state index in [0.717, 1.165) is 37.8 Å². The first-order valence-electron chi connectivity index (χ1n) is 6.36. The van der Waals surface area contributed by atoms with Crippen molar-refractivity contribution in [3.8, 4) is 5.75 Å². The van der Waals surface area contributed by atoms with Crippen LogP contribution < -0.4 is 15.4 Å². The molecule has 20 heavy (non-hydrogen) atoms. The molecule has 0 amide bonds. The fraction of sp³-hybridized carbons (Fsp3) is 0.500. The van der Waals surface area contributed by atoms with Crippen LogP contribution in [0, 0.1) is 0 Å². The van der Waals surface area contributed by atoms with E-state index in [1.165, 1.54) is 5.56 Å². The third-order valence-electron chi connectivity index (χ3n) is 2.66. The summed E-state index contributed by atoms with van der Waals surface area (Å²) in [6.07, 6.45) is 0.958. The van der Waals surface area contributed by atoms with Gasteiger partial charge in [0.1, 0.15) is 5.75 Å². The number of nitrogens with zero attached hydrogens (tertiary/aromatic N) is 1. The second kappa shape index (κ2) is 11.8. The highest BCUT2D eigenvalue weighted by Crippen LogP contribution is 2.10. The minimum atomic E-state index is 0. The Morgan fingerprint density at radius 3 is 2.40 bits per heavy atom. The first kappa shape index (κ1) is 19.0. The summed E-state index contributed by atoms with van der Waals surface area (Å²) in [5.74, 6) is 1.66. The van der Waals surface area contributed by atoms with E-state index in [-0.39, 0.29) is 24.0 Å². The quantitative estimate of drug-likeness (QED) is 0.322. The lowest BCUT2D eigenvalue weighted by Crippen LogP contribution is -2.37. The molecule has 114 valence electrons. The summed E-state index contributed by atoms with van der Waals surface area (Å²) in [6.45, 7) is 2.33. The zero-order valence-electron chi connectivity index (χ0n) is 12.3. The topological polar surface area (TPSA) is 54.9 Å². The Morgan fingerprint density at radius 2 is 1.85 bits per heavy atom. The van der Waals surface area contributed by atoms with Gasteiger partial charge in [0, 0.05) is 33.9 Å². The second-order valence-electron chi connectivity index (χ2n) is 4.05. The number of aliphatic imine (C=N–C) groups is 1. The molecule has 1 aromatic rings. The van der Waals surface area contributed by atoms with Gasteiger partial charge in [0.05, 0.1) is 7.11 Å². The highest BCUT2D eigenvalue weighted by Gasteiger charge is 1.98. The highest BCUT2D eigenvalue weighted by atomic mass is 127. The Bertz CT molecular complexity index is 383. The maximum absolute atomic E-state index is 5.12. The van der Waals surface area contributed by atoms with Crippen LogP contribution in [0.5, 0.6) is 5.75 Å². The lowest BCUT2D eigenvalue weighted by Gasteiger charge is -2.12. The highest BCUT2D eigenvalue weighted by molar-refractivity contribution is 14.0. The van der Waals surface area contributed by atoms with Crippen LogP contribution in [-0.2, 0) is 11.3 Å². The molecule has 1 rings (SSSR count). The number of halogens is 1. The standard InChI is InChI=1S/C14H23N3O2.HI/c1-15-14(16-9-4-10-18-2)17-11-12-5-7-13(19-3)8-6-12;/h5-8H,4,9-11H2,1-3H3,(H2,15,16,17);1H. The molecule has 0 saturated heterocycles. The van der Waals surface area contributed by atoms with Crippen molar-refractivity contribution in [1.29, 1.82) is 0 Å². The van der Waals surface area contributed by atoms with Gasteiger partial charge in [-0.2, -0.15) is 0 Å². The van der Waals surface area contributed by atoms with Crippen molar-refractivity contribution in [1.82, 2.24) is 10.6 Å². The van der Waals surface area contributed by atoms with E-state index < -0.39 is 0 Å². The first-order chi connectivity index (χ1) is 9.30. The van der Waals surface area contributed by atoms with E-state index in [0.29, 0.717) is 0 Å². The molecular weight excluding hydrogens is 369 g/mol. The Hall–Kier alpha value is -1.02. The number of nitrogens with one attached hydrogen (secondary N) is 2. The van der Waals surface area contributed by atoms with Crippen LogP contribution in [0.4, 0.5) is 0 Å². The molecule has 6 heteroatoms. The molecule has 0 aliphatic carbocycles. The zero-order valence-corrected chi connectivity index (χ0v) is 14.6. The third kappa shape index (κ3) is 7.54. The lowest BCUT2D eigenvalue weighted by atomic mass is 10.2. The number of guanidine groups is 1. The van der Waals surface area contributed by atoms with E-state index in [2.05, 4.69) is 15.6 Å². The summed E-state index contributed by atoms with van der Waals surface area (Å²) >= 11 is 0. The van der Waals surface area contributed by atoms with Gasteiger partial charge in [-0.05, 0) is 24.1 Å². The van der Waals surface area contributed by atoms with Gasteiger partial charge in [0.15, 0.2) is 5.96 Å². The molecule has 0 aromatic heterocycles. The number of hydrogen-bond donors (Lipinski definition) is 2. The summed E-state index contributed by atoms with van der Waals surface area (Å²) in [5, 5.41) is 6.49. The lowest BCUT2D eigenvalue weighted by molar-refractivity contribution is 0.195. The van der Waals surface area contributed by atoms with Crippen molar-refractivity contribution in [2.45, 2.75) is 13.0 Å². The van der Waals surface area contributed by atoms with E-state index in [1.54, 1.807) is 21.3 Å². The molecule has 0 saturated carbocycles. The van der Waals surface area contributed by atoms with Crippen molar-refractivity contribution in [2.24, 2.45) is 4.99 Å². The predicted octanol–water partition coefficient (Wildman–Crippen LogP) is 2.01. The van der Waals surface area contributed by atoms with Gasteiger partial charge in [0.2, 0.25) is 0 Å². The average Bonchev–Trinajstić information content (AvgIpc) is 2.47. The Morgan fingerprint density at radius 1 is 1.15 bits per heavy atom. The molecule has 0 atom stereocenters. The molecule has 0 unspecified atom stereocenters. The average molecular weight is 393 g/mol. The first-order valence-corrected chi connectivity index (χ1v) is 6.36. The smallest absolute Gasteiger partial charge is 0.191 e. The van der Waals surface area contributed by atoms with Crippen molar-refractivity contribution >= 4 is 29.9 Å². The van der Waals surface area contributed by atoms with Crippen molar-refractivity contribution in [3.63, 3.8) is 0 Å². The van der Waals surface area contributed by atoms with Gasteiger partial charge in [-0.3, -0.25) is 4.99 Å². The number of ether oxygens (including phenoxy) is 2. The molecule has 1 aromatic carbocycles. The maximum atomic E-state index is 5.12. The summed E-state index contributed by atoms with van der Waals surface area (Å²) in [5.41, 5.74) is 1.18. The van der Waals surface area contributed by atoms with Crippen molar-refractivity contribution in [3.05, 3.63) is 29.8 Å². The number of hydrogen-bond acceptors (Lipinski definition) is 3. The van der Waals surface area contributed by atoms with Crippen LogP contribution >= 0.6 is 24.0 Å². The predicted molar refractivity (Wildman–Crippen MR) is 93.1 cm³/mol. The van der Waals surface area contributed by atoms with Crippen LogP contribution in [0.25, 0.3) is 0 Å². The third-order valence-corrected chi connectivity index (χ3v) is 2.66. The molecule has 5 nitrogen and oxygen atoms in total. The van der Waals surface area contributed by atoms with Gasteiger partial charge >= 0.3 is 0 Å². The van der Waals surface area contributed by atoms with Crippen molar-refractivity contribution in [2.75, 3.05) is 34.4 Å². The molecule has 0 radical (unpaired) electrons. The summed E-state index contributed by atoms with van der Waals surface area (Å²) in [7, 11) is 5.13. The van der Waals surface area contributed by atoms with Gasteiger partial charge in [-0.15, -0.1) is 24.0 Å². The van der Waals surface area contributed by atoms with E-state index in [4.69, 9.17) is 9.47 Å². The molecule has 0 fully saturated rings.